The molecule has 32 nitrogen and oxygen atoms in total. The minimum Gasteiger partial charge on any atom is -0.404 e. The molecule has 32 heteroatoms. The van der Waals surface area contributed by atoms with Crippen molar-refractivity contribution in [1.29, 1.82) is 0 Å². The summed E-state index contributed by atoms with van der Waals surface area (Å²) in [6, 6.07) is 0. The molecule has 0 amide bonds. The van der Waals surface area contributed by atoms with Gasteiger partial charge in [0, 0.05) is 6.20 Å². The molecule has 22 saturated heterocycles. The molecular formula is C39H62N2O30. The zero-order valence-corrected chi connectivity index (χ0v) is 37.1. The van der Waals surface area contributed by atoms with Crippen molar-refractivity contribution in [2.75, 3.05) is 39.6 Å². The third-order valence-electron chi connectivity index (χ3n) is 13.4. The van der Waals surface area contributed by atoms with E-state index in [1.807, 2.05) is 0 Å². The van der Waals surface area contributed by atoms with Crippen molar-refractivity contribution < 1.29 is 148 Å². The van der Waals surface area contributed by atoms with Gasteiger partial charge in [-0.15, -0.1) is 0 Å². The van der Waals surface area contributed by atoms with E-state index < -0.39 is 224 Å². The lowest BCUT2D eigenvalue weighted by Gasteiger charge is -2.51. The first-order valence-corrected chi connectivity index (χ1v) is 22.6. The Morgan fingerprint density at radius 1 is 0.324 bits per heavy atom. The molecule has 408 valence electrons. The first kappa shape index (κ1) is 55.1. The molecule has 0 radical (unpaired) electrons. The van der Waals surface area contributed by atoms with Gasteiger partial charge in [-0.05, 0) is 0 Å². The summed E-state index contributed by atoms with van der Waals surface area (Å²) in [7, 11) is 0. The van der Waals surface area contributed by atoms with Crippen molar-refractivity contribution in [1.82, 2.24) is 9.71 Å². The average Bonchev–Trinajstić information content (AvgIpc) is 3.89. The first-order chi connectivity index (χ1) is 34.0. The van der Waals surface area contributed by atoms with Crippen LogP contribution in [-0.2, 0) is 56.8 Å². The maximum Gasteiger partial charge on any atom is 0.188 e. The lowest BCUT2D eigenvalue weighted by atomic mass is 9.94. The van der Waals surface area contributed by atoms with Crippen molar-refractivity contribution in [2.24, 2.45) is 0 Å². The summed E-state index contributed by atoms with van der Waals surface area (Å²) in [4.78, 5) is 9.79. The zero-order chi connectivity index (χ0) is 51.2. The highest BCUT2D eigenvalue weighted by Crippen LogP contribution is 2.38. The van der Waals surface area contributed by atoms with Gasteiger partial charge in [0.15, 0.2) is 43.8 Å². The Morgan fingerprint density at radius 2 is 0.563 bits per heavy atom. The fourth-order valence-corrected chi connectivity index (χ4v) is 9.48. The van der Waals surface area contributed by atoms with Gasteiger partial charge in [0.05, 0.1) is 45.8 Å². The van der Waals surface area contributed by atoms with Gasteiger partial charge in [-0.2, -0.15) is 4.73 Å². The maximum absolute atomic E-state index is 11.8. The summed E-state index contributed by atoms with van der Waals surface area (Å²) in [5.41, 5.74) is 0. The second-order valence-electron chi connectivity index (χ2n) is 17.8. The molecule has 1 aromatic heterocycles. The molecule has 17 N–H and O–H groups in total. The number of hydrogen-bond donors (Lipinski definition) is 17. The number of imidazole rings is 1. The van der Waals surface area contributed by atoms with Crippen LogP contribution in [0.1, 0.15) is 0 Å². The molecule has 30 atom stereocenters. The molecule has 22 fully saturated rings. The van der Waals surface area contributed by atoms with E-state index in [0.717, 1.165) is 11.1 Å². The van der Waals surface area contributed by atoms with Crippen LogP contribution in [-0.4, -0.2) is 320 Å². The number of aliphatic hydroxyl groups excluding tert-OH is 17. The van der Waals surface area contributed by atoms with E-state index in [0.29, 0.717) is 0 Å². The molecule has 22 aliphatic heterocycles. The molecule has 22 aliphatic rings. The van der Waals surface area contributed by atoms with E-state index in [1.54, 1.807) is 0 Å². The fraction of sp³-hybridized carbons (Fsp3) is 0.923. The van der Waals surface area contributed by atoms with Crippen molar-refractivity contribution in [2.45, 2.75) is 184 Å². The smallest absolute Gasteiger partial charge is 0.188 e. The lowest BCUT2D eigenvalue weighted by molar-refractivity contribution is -0.404. The van der Waals surface area contributed by atoms with E-state index in [4.69, 9.17) is 61.7 Å². The molecule has 1 aromatic rings. The van der Waals surface area contributed by atoms with Crippen LogP contribution in [0.3, 0.4) is 0 Å². The summed E-state index contributed by atoms with van der Waals surface area (Å²) in [6.45, 7) is -5.95. The van der Waals surface area contributed by atoms with Gasteiger partial charge in [0.2, 0.25) is 0 Å². The number of rotatable bonds is 8. The summed E-state index contributed by atoms with van der Waals surface area (Å²) in [6.07, 6.45) is -54.1. The molecule has 14 unspecified atom stereocenters. The summed E-state index contributed by atoms with van der Waals surface area (Å²) >= 11 is 0. The van der Waals surface area contributed by atoms with Crippen molar-refractivity contribution >= 4 is 0 Å². The van der Waals surface area contributed by atoms with Crippen LogP contribution in [0, 0.1) is 0 Å². The quantitative estimate of drug-likeness (QED) is 0.115. The van der Waals surface area contributed by atoms with Crippen LogP contribution in [0.2, 0.25) is 0 Å². The van der Waals surface area contributed by atoms with E-state index in [9.17, 15) is 86.8 Å². The second kappa shape index (κ2) is 23.4. The Balaban J connectivity index is 1.12. The van der Waals surface area contributed by atoms with E-state index >= 15 is 0 Å². The van der Waals surface area contributed by atoms with Crippen LogP contribution >= 0.6 is 0 Å². The standard InChI is InChI=1S/C39H62N2O30/c42-3-10-27-16(48)21(53)34(59-10)66-28-11(4-43)61-36(23(55)18(28)50)68-30-13(6-45)63-38(25(57)20(30)52)70-32-15(8-47)64-39(26(58)33(32)71-41-2-1-40-9-41)69-31-14(7-46)62-37(24(56)19(31)51)67-29-12(5-44)60-35(65-27)22(54)17(29)49/h1-2,9-39,42-58H,3-8H2/t10-,11-,12-,13-,14-,15-,16?,17?,18?,19?,20?,21?,22?,23?,24?,25?,26?,27-,28-,29-,30-,31-,32?,33?,34-,35-,36-,37-,38?,39-/m1/s1. The molecule has 0 saturated carbocycles. The Kier molecular flexibility index (Phi) is 18.2. The van der Waals surface area contributed by atoms with Gasteiger partial charge in [0.25, 0.3) is 0 Å². The van der Waals surface area contributed by atoms with Gasteiger partial charge < -0.3 is 148 Å². The number of nitrogens with zero attached hydrogens (tertiary/aromatic N) is 2. The van der Waals surface area contributed by atoms with Crippen molar-refractivity contribution in [3.8, 4) is 0 Å². The topological polar surface area (TPSA) is 482 Å². The van der Waals surface area contributed by atoms with Gasteiger partial charge in [0.1, 0.15) is 147 Å². The van der Waals surface area contributed by atoms with Crippen LogP contribution in [0.4, 0.5) is 0 Å². The van der Waals surface area contributed by atoms with E-state index in [2.05, 4.69) is 4.98 Å². The minimum atomic E-state index is -2.15. The Labute approximate surface area is 400 Å². The highest BCUT2D eigenvalue weighted by Gasteiger charge is 2.59. The van der Waals surface area contributed by atoms with Crippen LogP contribution < -0.4 is 4.84 Å². The minimum absolute atomic E-state index is 0.964. The van der Waals surface area contributed by atoms with E-state index in [1.165, 1.54) is 12.4 Å². The van der Waals surface area contributed by atoms with Crippen LogP contribution in [0.15, 0.2) is 18.7 Å². The SMILES string of the molecule is OC[C@H]1O[C@@H]2O[C@H]3C(O)C(O)[C@H](O[C@@H]3CO)O[C@H]3C(O)C(O)[C@H](O[C@@H]3CO)O[C@H]3C(O)C(O)[C@H](O[C@@H]3CO)O[C@H]3C(O)C(O)[C@H](O[C@@H]3CO)O[C@H]3C(O)C(O)C(OC1C(On1ccnc1)C2O)O[C@@H]3CO. The van der Waals surface area contributed by atoms with Crippen molar-refractivity contribution in [3.63, 3.8) is 0 Å². The molecule has 12 bridgehead atoms. The molecule has 0 aliphatic carbocycles. The summed E-state index contributed by atoms with van der Waals surface area (Å²) < 4.78 is 70.3. The van der Waals surface area contributed by atoms with Gasteiger partial charge in [-0.25, -0.2) is 4.98 Å². The molecular weight excluding hydrogens is 976 g/mol. The van der Waals surface area contributed by atoms with Crippen LogP contribution in [0.25, 0.3) is 0 Å². The molecule has 23 rings (SSSR count). The average molecular weight is 1040 g/mol. The van der Waals surface area contributed by atoms with Gasteiger partial charge >= 0.3 is 0 Å². The first-order valence-electron chi connectivity index (χ1n) is 22.6. The summed E-state index contributed by atoms with van der Waals surface area (Å²) in [5.74, 6) is 0. The highest BCUT2D eigenvalue weighted by molar-refractivity contribution is 5.01. The number of aromatic nitrogens is 2. The normalized spacial score (nSPS) is 52.2. The third-order valence-corrected chi connectivity index (χ3v) is 13.4. The Hall–Kier alpha value is -2.15. The highest BCUT2D eigenvalue weighted by atomic mass is 16.8. The summed E-state index contributed by atoms with van der Waals surface area (Å²) in [5, 5.41) is 187. The molecule has 0 aromatic carbocycles. The molecule has 23 heterocycles. The third kappa shape index (κ3) is 10.8. The molecule has 71 heavy (non-hydrogen) atoms. The second-order valence-corrected chi connectivity index (χ2v) is 17.8. The largest absolute Gasteiger partial charge is 0.404 e. The van der Waals surface area contributed by atoms with Gasteiger partial charge in [-0.3, -0.25) is 0 Å². The van der Waals surface area contributed by atoms with Crippen molar-refractivity contribution in [3.05, 3.63) is 18.7 Å². The predicted molar refractivity (Wildman–Crippen MR) is 212 cm³/mol. The Morgan fingerprint density at radius 3 is 0.803 bits per heavy atom. The monoisotopic (exact) mass is 1040 g/mol. The van der Waals surface area contributed by atoms with Gasteiger partial charge in [-0.1, -0.05) is 0 Å². The predicted octanol–water partition coefficient (Wildman–Crippen LogP) is -12.7. The Bertz CT molecular complexity index is 1790. The number of ether oxygens (including phenoxy) is 12. The lowest BCUT2D eigenvalue weighted by Crippen LogP contribution is -2.69. The zero-order valence-electron chi connectivity index (χ0n) is 37.1. The number of aliphatic hydroxyl groups is 17. The maximum atomic E-state index is 11.8. The molecule has 0 spiro atoms. The van der Waals surface area contributed by atoms with E-state index in [-0.39, 0.29) is 0 Å². The fourth-order valence-electron chi connectivity index (χ4n) is 9.48. The number of hydrogen-bond acceptors (Lipinski definition) is 31. The van der Waals surface area contributed by atoms with Crippen LogP contribution in [0.5, 0.6) is 0 Å².